The smallest absolute Gasteiger partial charge is 0.348 e. The number of halogens is 4. The minimum Gasteiger partial charge on any atom is -0.348 e. The molecule has 3 nitrogen and oxygen atoms in total. The van der Waals surface area contributed by atoms with Crippen molar-refractivity contribution in [2.75, 3.05) is 0 Å². The minimum atomic E-state index is -4.36. The van der Waals surface area contributed by atoms with Crippen molar-refractivity contribution >= 4 is 21.8 Å². The first kappa shape index (κ1) is 15.5. The first-order chi connectivity index (χ1) is 9.86. The summed E-state index contributed by atoms with van der Waals surface area (Å²) >= 11 is 3.20. The first-order valence-corrected chi connectivity index (χ1v) is 6.70. The Hall–Kier alpha value is -1.89. The Morgan fingerprint density at radius 3 is 2.43 bits per heavy atom. The van der Waals surface area contributed by atoms with Crippen molar-refractivity contribution in [2.24, 2.45) is 0 Å². The molecule has 0 bridgehead atoms. The maximum Gasteiger partial charge on any atom is 0.416 e. The van der Waals surface area contributed by atoms with Gasteiger partial charge in [0.15, 0.2) is 0 Å². The molecule has 0 saturated carbocycles. The Labute approximate surface area is 127 Å². The van der Waals surface area contributed by atoms with Crippen molar-refractivity contribution in [3.8, 4) is 0 Å². The topological polar surface area (TPSA) is 42.0 Å². The summed E-state index contributed by atoms with van der Waals surface area (Å²) in [6.07, 6.45) is -1.40. The summed E-state index contributed by atoms with van der Waals surface area (Å²) in [5.41, 5.74) is 0.240. The standard InChI is InChI=1S/C14H10BrF3N2O/c15-12-5-10(7-19-8-12)13(21)20-6-9-1-3-11(4-2-9)14(16,17)18/h1-5,7-8H,6H2,(H,20,21). The number of alkyl halides is 3. The molecule has 1 N–H and O–H groups in total. The van der Waals surface area contributed by atoms with Gasteiger partial charge in [-0.1, -0.05) is 12.1 Å². The van der Waals surface area contributed by atoms with Crippen LogP contribution >= 0.6 is 15.9 Å². The van der Waals surface area contributed by atoms with E-state index in [2.05, 4.69) is 26.2 Å². The number of nitrogens with one attached hydrogen (secondary N) is 1. The summed E-state index contributed by atoms with van der Waals surface area (Å²) < 4.78 is 37.9. The van der Waals surface area contributed by atoms with E-state index in [1.54, 1.807) is 12.3 Å². The summed E-state index contributed by atoms with van der Waals surface area (Å²) in [4.78, 5) is 15.7. The van der Waals surface area contributed by atoms with Gasteiger partial charge in [-0.25, -0.2) is 0 Å². The van der Waals surface area contributed by atoms with E-state index >= 15 is 0 Å². The number of rotatable bonds is 3. The fourth-order valence-corrected chi connectivity index (χ4v) is 2.00. The molecular formula is C14H10BrF3N2O. The zero-order valence-corrected chi connectivity index (χ0v) is 12.2. The van der Waals surface area contributed by atoms with Crippen LogP contribution in [0.1, 0.15) is 21.5 Å². The Morgan fingerprint density at radius 1 is 1.19 bits per heavy atom. The second-order valence-electron chi connectivity index (χ2n) is 4.27. The highest BCUT2D eigenvalue weighted by atomic mass is 79.9. The van der Waals surface area contributed by atoms with Crippen molar-refractivity contribution in [2.45, 2.75) is 12.7 Å². The minimum absolute atomic E-state index is 0.142. The van der Waals surface area contributed by atoms with Gasteiger partial charge in [-0.15, -0.1) is 0 Å². The molecule has 0 aliphatic heterocycles. The fraction of sp³-hybridized carbons (Fsp3) is 0.143. The van der Waals surface area contributed by atoms with Gasteiger partial charge in [-0.3, -0.25) is 9.78 Å². The zero-order valence-electron chi connectivity index (χ0n) is 10.6. The molecule has 1 heterocycles. The lowest BCUT2D eigenvalue weighted by molar-refractivity contribution is -0.137. The average molecular weight is 359 g/mol. The molecular weight excluding hydrogens is 349 g/mol. The van der Waals surface area contributed by atoms with Crippen molar-refractivity contribution in [3.63, 3.8) is 0 Å². The first-order valence-electron chi connectivity index (χ1n) is 5.91. The van der Waals surface area contributed by atoms with Gasteiger partial charge in [0.1, 0.15) is 0 Å². The molecule has 0 aliphatic rings. The molecule has 0 fully saturated rings. The largest absolute Gasteiger partial charge is 0.416 e. The fourth-order valence-electron chi connectivity index (χ4n) is 1.63. The molecule has 0 saturated heterocycles. The van der Waals surface area contributed by atoms with E-state index in [0.717, 1.165) is 12.1 Å². The highest BCUT2D eigenvalue weighted by Crippen LogP contribution is 2.29. The number of hydrogen-bond donors (Lipinski definition) is 1. The molecule has 0 radical (unpaired) electrons. The summed E-state index contributed by atoms with van der Waals surface area (Å²) in [5, 5.41) is 2.62. The Balaban J connectivity index is 1.98. The van der Waals surface area contributed by atoms with Crippen molar-refractivity contribution in [3.05, 3.63) is 63.9 Å². The van der Waals surface area contributed by atoms with Crippen LogP contribution in [0, 0.1) is 0 Å². The van der Waals surface area contributed by atoms with Crippen molar-refractivity contribution in [1.82, 2.24) is 10.3 Å². The van der Waals surface area contributed by atoms with Gasteiger partial charge >= 0.3 is 6.18 Å². The van der Waals surface area contributed by atoms with Crippen LogP contribution in [0.25, 0.3) is 0 Å². The van der Waals surface area contributed by atoms with E-state index < -0.39 is 11.7 Å². The van der Waals surface area contributed by atoms with Crippen LogP contribution < -0.4 is 5.32 Å². The zero-order chi connectivity index (χ0) is 15.5. The lowest BCUT2D eigenvalue weighted by Gasteiger charge is -2.08. The molecule has 2 aromatic rings. The van der Waals surface area contributed by atoms with E-state index in [4.69, 9.17) is 0 Å². The number of pyridine rings is 1. The molecule has 21 heavy (non-hydrogen) atoms. The predicted octanol–water partition coefficient (Wildman–Crippen LogP) is 3.79. The van der Waals surface area contributed by atoms with Crippen LogP contribution in [0.2, 0.25) is 0 Å². The maximum absolute atomic E-state index is 12.4. The van der Waals surface area contributed by atoms with Crippen LogP contribution in [0.3, 0.4) is 0 Å². The number of hydrogen-bond acceptors (Lipinski definition) is 2. The number of carbonyl (C=O) groups is 1. The van der Waals surface area contributed by atoms with Crippen LogP contribution in [0.5, 0.6) is 0 Å². The molecule has 1 aromatic carbocycles. The third-order valence-electron chi connectivity index (χ3n) is 2.70. The van der Waals surface area contributed by atoms with Gasteiger partial charge < -0.3 is 5.32 Å². The summed E-state index contributed by atoms with van der Waals surface area (Å²) in [7, 11) is 0. The lowest BCUT2D eigenvalue weighted by atomic mass is 10.1. The van der Waals surface area contributed by atoms with E-state index in [-0.39, 0.29) is 12.5 Å². The number of benzene rings is 1. The number of nitrogens with zero attached hydrogens (tertiary/aromatic N) is 1. The summed E-state index contributed by atoms with van der Waals surface area (Å²) in [6, 6.07) is 6.25. The van der Waals surface area contributed by atoms with E-state index in [0.29, 0.717) is 15.6 Å². The molecule has 0 atom stereocenters. The molecule has 1 aromatic heterocycles. The molecule has 0 unspecified atom stereocenters. The summed E-state index contributed by atoms with van der Waals surface area (Å²) in [6.45, 7) is 0.142. The van der Waals surface area contributed by atoms with Crippen LogP contribution in [0.4, 0.5) is 13.2 Å². The van der Waals surface area contributed by atoms with E-state index in [9.17, 15) is 18.0 Å². The molecule has 1 amide bonds. The monoisotopic (exact) mass is 358 g/mol. The molecule has 0 spiro atoms. The molecule has 110 valence electrons. The Morgan fingerprint density at radius 2 is 1.86 bits per heavy atom. The highest BCUT2D eigenvalue weighted by Gasteiger charge is 2.29. The van der Waals surface area contributed by atoms with Gasteiger partial charge in [-0.2, -0.15) is 13.2 Å². The predicted molar refractivity (Wildman–Crippen MR) is 74.6 cm³/mol. The van der Waals surface area contributed by atoms with Gasteiger partial charge in [-0.05, 0) is 39.7 Å². The number of carbonyl (C=O) groups excluding carboxylic acids is 1. The van der Waals surface area contributed by atoms with Crippen LogP contribution in [-0.2, 0) is 12.7 Å². The SMILES string of the molecule is O=C(NCc1ccc(C(F)(F)F)cc1)c1cncc(Br)c1. The van der Waals surface area contributed by atoms with Crippen molar-refractivity contribution < 1.29 is 18.0 Å². The van der Waals surface area contributed by atoms with Gasteiger partial charge in [0.2, 0.25) is 0 Å². The second kappa shape index (κ2) is 6.26. The summed E-state index contributed by atoms with van der Waals surface area (Å²) in [5.74, 6) is -0.344. The molecule has 7 heteroatoms. The number of amides is 1. The molecule has 2 rings (SSSR count). The highest BCUT2D eigenvalue weighted by molar-refractivity contribution is 9.10. The third-order valence-corrected chi connectivity index (χ3v) is 3.14. The second-order valence-corrected chi connectivity index (χ2v) is 5.18. The maximum atomic E-state index is 12.4. The van der Waals surface area contributed by atoms with E-state index in [1.165, 1.54) is 18.3 Å². The normalized spacial score (nSPS) is 11.2. The van der Waals surface area contributed by atoms with Crippen LogP contribution in [-0.4, -0.2) is 10.9 Å². The average Bonchev–Trinajstić information content (AvgIpc) is 2.44. The molecule has 0 aliphatic carbocycles. The Kier molecular flexibility index (Phi) is 4.62. The van der Waals surface area contributed by atoms with E-state index in [1.807, 2.05) is 0 Å². The van der Waals surface area contributed by atoms with Gasteiger partial charge in [0.25, 0.3) is 5.91 Å². The Bertz CT molecular complexity index is 641. The number of aromatic nitrogens is 1. The quantitative estimate of drug-likeness (QED) is 0.906. The van der Waals surface area contributed by atoms with Crippen molar-refractivity contribution in [1.29, 1.82) is 0 Å². The third kappa shape index (κ3) is 4.29. The van der Waals surface area contributed by atoms with Crippen LogP contribution in [0.15, 0.2) is 47.2 Å². The van der Waals surface area contributed by atoms with Gasteiger partial charge in [0, 0.05) is 23.4 Å². The lowest BCUT2D eigenvalue weighted by Crippen LogP contribution is -2.23. The van der Waals surface area contributed by atoms with Gasteiger partial charge in [0.05, 0.1) is 11.1 Å².